The third-order valence-electron chi connectivity index (χ3n) is 4.27. The minimum atomic E-state index is -0.168. The molecule has 1 aliphatic heterocycles. The van der Waals surface area contributed by atoms with Crippen molar-refractivity contribution in [2.75, 3.05) is 14.2 Å². The number of carbonyl (C=O) groups is 1. The van der Waals surface area contributed by atoms with Gasteiger partial charge in [0.15, 0.2) is 5.78 Å². The summed E-state index contributed by atoms with van der Waals surface area (Å²) >= 11 is 3.46. The average molecular weight is 357 g/mol. The zero-order valence-electron chi connectivity index (χ0n) is 13.0. The maximum atomic E-state index is 13.0. The molecule has 2 rings (SSSR count). The van der Waals surface area contributed by atoms with Crippen LogP contribution in [0.4, 0.5) is 0 Å². The molecule has 21 heavy (non-hydrogen) atoms. The zero-order chi connectivity index (χ0) is 15.7. The predicted molar refractivity (Wildman–Crippen MR) is 84.2 cm³/mol. The van der Waals surface area contributed by atoms with Gasteiger partial charge in [-0.1, -0.05) is 6.92 Å². The third-order valence-corrected chi connectivity index (χ3v) is 4.90. The molecule has 1 aliphatic rings. The van der Waals surface area contributed by atoms with E-state index in [9.17, 15) is 4.79 Å². The van der Waals surface area contributed by atoms with Crippen LogP contribution in [0.1, 0.15) is 31.1 Å². The van der Waals surface area contributed by atoms with Gasteiger partial charge in [-0.05, 0) is 41.8 Å². The minimum absolute atomic E-state index is 0.0470. The Morgan fingerprint density at radius 3 is 2.29 bits per heavy atom. The predicted octanol–water partition coefficient (Wildman–Crippen LogP) is 3.71. The quantitative estimate of drug-likeness (QED) is 0.771. The van der Waals surface area contributed by atoms with E-state index in [1.54, 1.807) is 26.4 Å². The summed E-state index contributed by atoms with van der Waals surface area (Å²) in [4.78, 5) is 13.0. The molecule has 116 valence electrons. The highest BCUT2D eigenvalue weighted by Gasteiger charge is 2.43. The number of rotatable bonds is 4. The molecular weight excluding hydrogens is 336 g/mol. The van der Waals surface area contributed by atoms with E-state index < -0.39 is 0 Å². The Morgan fingerprint density at radius 2 is 1.81 bits per heavy atom. The van der Waals surface area contributed by atoms with Crippen LogP contribution in [0.15, 0.2) is 16.6 Å². The zero-order valence-corrected chi connectivity index (χ0v) is 14.6. The van der Waals surface area contributed by atoms with Crippen LogP contribution in [0, 0.1) is 11.8 Å². The number of ketones is 1. The van der Waals surface area contributed by atoms with Gasteiger partial charge in [-0.15, -0.1) is 0 Å². The van der Waals surface area contributed by atoms with Crippen molar-refractivity contribution in [3.8, 4) is 11.5 Å². The Hall–Kier alpha value is -1.07. The highest BCUT2D eigenvalue weighted by Crippen LogP contribution is 2.40. The van der Waals surface area contributed by atoms with E-state index in [2.05, 4.69) is 22.9 Å². The van der Waals surface area contributed by atoms with Crippen LogP contribution in [0.3, 0.4) is 0 Å². The lowest BCUT2D eigenvalue weighted by Gasteiger charge is -2.20. The standard InChI is InChI=1S/C16H21BrO4/c1-8-9(2)21-10(3)14(8)16(18)15-12(17)6-11(19-4)7-13(15)20-5/h6-10,14H,1-5H3. The molecule has 0 saturated carbocycles. The third kappa shape index (κ3) is 2.94. The van der Waals surface area contributed by atoms with Gasteiger partial charge in [0.05, 0.1) is 37.9 Å². The SMILES string of the molecule is COc1cc(Br)c(C(=O)C2C(C)OC(C)C2C)c(OC)c1. The maximum Gasteiger partial charge on any atom is 0.173 e. The van der Waals surface area contributed by atoms with Crippen LogP contribution in [0.2, 0.25) is 0 Å². The number of hydrogen-bond acceptors (Lipinski definition) is 4. The van der Waals surface area contributed by atoms with Gasteiger partial charge in [0, 0.05) is 10.5 Å². The van der Waals surface area contributed by atoms with Crippen molar-refractivity contribution in [2.24, 2.45) is 11.8 Å². The molecule has 0 spiro atoms. The van der Waals surface area contributed by atoms with Gasteiger partial charge >= 0.3 is 0 Å². The second-order valence-electron chi connectivity index (χ2n) is 5.48. The molecule has 0 radical (unpaired) electrons. The number of methoxy groups -OCH3 is 2. The molecule has 0 amide bonds. The second-order valence-corrected chi connectivity index (χ2v) is 6.34. The van der Waals surface area contributed by atoms with E-state index >= 15 is 0 Å². The Kier molecular flexibility index (Phi) is 4.94. The van der Waals surface area contributed by atoms with E-state index in [4.69, 9.17) is 14.2 Å². The first-order valence-corrected chi connectivity index (χ1v) is 7.81. The second kappa shape index (κ2) is 6.36. The van der Waals surface area contributed by atoms with Crippen LogP contribution < -0.4 is 9.47 Å². The van der Waals surface area contributed by atoms with Crippen LogP contribution >= 0.6 is 15.9 Å². The number of ether oxygens (including phenoxy) is 3. The molecule has 4 unspecified atom stereocenters. The van der Waals surface area contributed by atoms with Crippen molar-refractivity contribution in [1.29, 1.82) is 0 Å². The van der Waals surface area contributed by atoms with Gasteiger partial charge in [0.25, 0.3) is 0 Å². The fourth-order valence-corrected chi connectivity index (χ4v) is 3.58. The van der Waals surface area contributed by atoms with E-state index in [1.165, 1.54) is 0 Å². The topological polar surface area (TPSA) is 44.8 Å². The maximum absolute atomic E-state index is 13.0. The van der Waals surface area contributed by atoms with Crippen LogP contribution in [0.25, 0.3) is 0 Å². The first-order valence-electron chi connectivity index (χ1n) is 7.01. The first-order chi connectivity index (χ1) is 9.90. The summed E-state index contributed by atoms with van der Waals surface area (Å²) in [7, 11) is 3.14. The summed E-state index contributed by atoms with van der Waals surface area (Å²) in [6.45, 7) is 6.02. The molecule has 1 heterocycles. The van der Waals surface area contributed by atoms with Gasteiger partial charge in [-0.3, -0.25) is 4.79 Å². The molecule has 1 aromatic carbocycles. The van der Waals surface area contributed by atoms with Crippen LogP contribution in [-0.4, -0.2) is 32.2 Å². The highest BCUT2D eigenvalue weighted by atomic mass is 79.9. The molecule has 0 aliphatic carbocycles. The van der Waals surface area contributed by atoms with Gasteiger partial charge in [-0.2, -0.15) is 0 Å². The molecular formula is C16H21BrO4. The number of carbonyl (C=O) groups excluding carboxylic acids is 1. The monoisotopic (exact) mass is 356 g/mol. The molecule has 0 aromatic heterocycles. The van der Waals surface area contributed by atoms with Gasteiger partial charge < -0.3 is 14.2 Å². The van der Waals surface area contributed by atoms with Gasteiger partial charge in [0.2, 0.25) is 0 Å². The molecule has 0 N–H and O–H groups in total. The molecule has 1 fully saturated rings. The summed E-state index contributed by atoms with van der Waals surface area (Å²) in [5.41, 5.74) is 0.555. The molecule has 4 atom stereocenters. The molecule has 4 nitrogen and oxygen atoms in total. The largest absolute Gasteiger partial charge is 0.497 e. The lowest BCUT2D eigenvalue weighted by atomic mass is 9.83. The van der Waals surface area contributed by atoms with E-state index in [1.807, 2.05) is 13.8 Å². The summed E-state index contributed by atoms with van der Waals surface area (Å²) in [6.07, 6.45) is -0.0156. The number of benzene rings is 1. The number of hydrogen-bond donors (Lipinski definition) is 0. The minimum Gasteiger partial charge on any atom is -0.497 e. The lowest BCUT2D eigenvalue weighted by Crippen LogP contribution is -2.27. The Balaban J connectivity index is 2.44. The fourth-order valence-electron chi connectivity index (χ4n) is 2.96. The summed E-state index contributed by atoms with van der Waals surface area (Å²) in [5, 5.41) is 0. The van der Waals surface area contributed by atoms with Crippen molar-refractivity contribution >= 4 is 21.7 Å². The molecule has 1 aromatic rings. The highest BCUT2D eigenvalue weighted by molar-refractivity contribution is 9.10. The van der Waals surface area contributed by atoms with E-state index in [0.717, 1.165) is 0 Å². The fraction of sp³-hybridized carbons (Fsp3) is 0.562. The summed E-state index contributed by atoms with van der Waals surface area (Å²) < 4.78 is 17.1. The lowest BCUT2D eigenvalue weighted by molar-refractivity contribution is 0.0490. The van der Waals surface area contributed by atoms with Crippen molar-refractivity contribution in [1.82, 2.24) is 0 Å². The molecule has 0 bridgehead atoms. The average Bonchev–Trinajstić information content (AvgIpc) is 2.70. The number of halogens is 1. The molecule has 5 heteroatoms. The van der Waals surface area contributed by atoms with Crippen molar-refractivity contribution < 1.29 is 19.0 Å². The summed E-state index contributed by atoms with van der Waals surface area (Å²) in [5.74, 6) is 1.22. The Morgan fingerprint density at radius 1 is 1.14 bits per heavy atom. The van der Waals surface area contributed by atoms with Crippen molar-refractivity contribution in [3.63, 3.8) is 0 Å². The van der Waals surface area contributed by atoms with Gasteiger partial charge in [-0.25, -0.2) is 0 Å². The van der Waals surface area contributed by atoms with Gasteiger partial charge in [0.1, 0.15) is 11.5 Å². The van der Waals surface area contributed by atoms with Crippen molar-refractivity contribution in [2.45, 2.75) is 33.0 Å². The smallest absolute Gasteiger partial charge is 0.173 e. The van der Waals surface area contributed by atoms with E-state index in [-0.39, 0.29) is 29.8 Å². The number of Topliss-reactive ketones (excluding diaryl/α,β-unsaturated/α-hetero) is 1. The van der Waals surface area contributed by atoms with Crippen LogP contribution in [-0.2, 0) is 4.74 Å². The molecule has 1 saturated heterocycles. The Bertz CT molecular complexity index is 543. The normalized spacial score (nSPS) is 28.5. The first kappa shape index (κ1) is 16.3. The van der Waals surface area contributed by atoms with Crippen molar-refractivity contribution in [3.05, 3.63) is 22.2 Å². The van der Waals surface area contributed by atoms with Crippen LogP contribution in [0.5, 0.6) is 11.5 Å². The Labute approximate surface area is 133 Å². The van der Waals surface area contributed by atoms with E-state index in [0.29, 0.717) is 21.5 Å². The summed E-state index contributed by atoms with van der Waals surface area (Å²) in [6, 6.07) is 3.51.